The molecule has 1 aromatic carbocycles. The standard InChI is InChI=1S/C19H18F2N4O2S/c1-10-14(18(27)24-11(2)23-10)4-6-17(26)25-19-22-9-13(28-19)7-12-3-5-15(20)16(21)8-12/h3,5,8-9H,4,6-7H2,1-2H3,(H,22,25,26)(H,23,24,27). The molecule has 2 aromatic heterocycles. The number of nitrogens with one attached hydrogen (secondary N) is 2. The van der Waals surface area contributed by atoms with Crippen LogP contribution in [-0.2, 0) is 17.6 Å². The van der Waals surface area contributed by atoms with Crippen LogP contribution in [-0.4, -0.2) is 20.9 Å². The molecule has 2 heterocycles. The van der Waals surface area contributed by atoms with Crippen molar-refractivity contribution in [2.45, 2.75) is 33.1 Å². The third-order valence-electron chi connectivity index (χ3n) is 4.11. The molecule has 9 heteroatoms. The number of nitrogens with zero attached hydrogens (tertiary/aromatic N) is 2. The zero-order valence-corrected chi connectivity index (χ0v) is 16.1. The molecule has 0 aliphatic rings. The molecule has 1 amide bonds. The molecule has 0 bridgehead atoms. The van der Waals surface area contributed by atoms with Crippen molar-refractivity contribution >= 4 is 22.4 Å². The van der Waals surface area contributed by atoms with E-state index in [1.165, 1.54) is 17.4 Å². The lowest BCUT2D eigenvalue weighted by atomic mass is 10.1. The average molecular weight is 404 g/mol. The Hall–Kier alpha value is -2.94. The number of rotatable bonds is 6. The molecule has 146 valence electrons. The van der Waals surface area contributed by atoms with E-state index in [1.807, 2.05) is 0 Å². The number of aromatic amines is 1. The van der Waals surface area contributed by atoms with E-state index in [9.17, 15) is 18.4 Å². The topological polar surface area (TPSA) is 87.7 Å². The summed E-state index contributed by atoms with van der Waals surface area (Å²) in [5.74, 6) is -1.52. The summed E-state index contributed by atoms with van der Waals surface area (Å²) < 4.78 is 26.3. The summed E-state index contributed by atoms with van der Waals surface area (Å²) in [7, 11) is 0. The van der Waals surface area contributed by atoms with E-state index in [-0.39, 0.29) is 24.3 Å². The van der Waals surface area contributed by atoms with Crippen LogP contribution in [0, 0.1) is 25.5 Å². The molecule has 0 unspecified atom stereocenters. The molecular formula is C19H18F2N4O2S. The summed E-state index contributed by atoms with van der Waals surface area (Å²) in [4.78, 5) is 35.9. The Kier molecular flexibility index (Phi) is 5.93. The molecule has 6 nitrogen and oxygen atoms in total. The fourth-order valence-corrected chi connectivity index (χ4v) is 3.63. The lowest BCUT2D eigenvalue weighted by Crippen LogP contribution is -2.20. The molecule has 0 saturated heterocycles. The first-order chi connectivity index (χ1) is 13.3. The van der Waals surface area contributed by atoms with Crippen LogP contribution in [0.15, 0.2) is 29.2 Å². The second-order valence-electron chi connectivity index (χ2n) is 6.32. The molecule has 0 aliphatic carbocycles. The van der Waals surface area contributed by atoms with Crippen LogP contribution >= 0.6 is 11.3 Å². The first kappa shape index (κ1) is 19.8. The van der Waals surface area contributed by atoms with Gasteiger partial charge >= 0.3 is 0 Å². The van der Waals surface area contributed by atoms with E-state index in [2.05, 4.69) is 20.3 Å². The fourth-order valence-electron chi connectivity index (χ4n) is 2.76. The minimum Gasteiger partial charge on any atom is -0.311 e. The van der Waals surface area contributed by atoms with Crippen molar-refractivity contribution in [1.29, 1.82) is 0 Å². The highest BCUT2D eigenvalue weighted by Gasteiger charge is 2.12. The maximum Gasteiger partial charge on any atom is 0.254 e. The molecule has 0 aliphatic heterocycles. The summed E-state index contributed by atoms with van der Waals surface area (Å²) in [6.45, 7) is 3.44. The van der Waals surface area contributed by atoms with Gasteiger partial charge in [0.25, 0.3) is 5.56 Å². The Labute approximate surface area is 163 Å². The molecular weight excluding hydrogens is 386 g/mol. The molecule has 0 fully saturated rings. The van der Waals surface area contributed by atoms with Gasteiger partial charge in [0.2, 0.25) is 5.91 Å². The maximum atomic E-state index is 13.3. The summed E-state index contributed by atoms with van der Waals surface area (Å²) in [6.07, 6.45) is 2.36. The lowest BCUT2D eigenvalue weighted by Gasteiger charge is -2.05. The predicted molar refractivity (Wildman–Crippen MR) is 103 cm³/mol. The van der Waals surface area contributed by atoms with E-state index in [1.54, 1.807) is 20.0 Å². The van der Waals surface area contributed by atoms with Crippen molar-refractivity contribution in [3.05, 3.63) is 73.9 Å². The van der Waals surface area contributed by atoms with Gasteiger partial charge in [-0.2, -0.15) is 0 Å². The monoisotopic (exact) mass is 404 g/mol. The third-order valence-corrected chi connectivity index (χ3v) is 5.02. The normalized spacial score (nSPS) is 10.9. The van der Waals surface area contributed by atoms with Crippen molar-refractivity contribution in [2.75, 3.05) is 5.32 Å². The molecule has 0 atom stereocenters. The Morgan fingerprint density at radius 3 is 2.75 bits per heavy atom. The van der Waals surface area contributed by atoms with Crippen LogP contribution in [0.1, 0.15) is 33.9 Å². The minimum absolute atomic E-state index is 0.118. The minimum atomic E-state index is -0.897. The first-order valence-corrected chi connectivity index (χ1v) is 9.38. The number of benzene rings is 1. The van der Waals surface area contributed by atoms with Crippen molar-refractivity contribution < 1.29 is 13.6 Å². The van der Waals surface area contributed by atoms with Crippen molar-refractivity contribution in [2.24, 2.45) is 0 Å². The van der Waals surface area contributed by atoms with Crippen molar-refractivity contribution in [3.8, 4) is 0 Å². The second-order valence-corrected chi connectivity index (χ2v) is 7.44. The number of hydrogen-bond acceptors (Lipinski definition) is 5. The van der Waals surface area contributed by atoms with Gasteiger partial charge in [-0.05, 0) is 38.0 Å². The van der Waals surface area contributed by atoms with Crippen LogP contribution in [0.5, 0.6) is 0 Å². The van der Waals surface area contributed by atoms with Gasteiger partial charge in [0.05, 0.1) is 0 Å². The van der Waals surface area contributed by atoms with Crippen molar-refractivity contribution in [3.63, 3.8) is 0 Å². The van der Waals surface area contributed by atoms with E-state index in [0.717, 1.165) is 17.0 Å². The van der Waals surface area contributed by atoms with Gasteiger partial charge in [-0.3, -0.25) is 9.59 Å². The Morgan fingerprint density at radius 1 is 1.25 bits per heavy atom. The first-order valence-electron chi connectivity index (χ1n) is 8.56. The summed E-state index contributed by atoms with van der Waals surface area (Å²) in [5, 5.41) is 3.10. The Bertz CT molecular complexity index is 1080. The summed E-state index contributed by atoms with van der Waals surface area (Å²) >= 11 is 1.26. The summed E-state index contributed by atoms with van der Waals surface area (Å²) in [5.41, 5.74) is 1.47. The van der Waals surface area contributed by atoms with Gasteiger partial charge in [-0.15, -0.1) is 11.3 Å². The molecule has 2 N–H and O–H groups in total. The van der Waals surface area contributed by atoms with Gasteiger partial charge in [0.1, 0.15) is 5.82 Å². The molecule has 28 heavy (non-hydrogen) atoms. The number of H-pyrrole nitrogens is 1. The number of carbonyl (C=O) groups excluding carboxylic acids is 1. The number of anilines is 1. The Balaban J connectivity index is 1.58. The smallest absolute Gasteiger partial charge is 0.254 e. The van der Waals surface area contributed by atoms with Crippen LogP contribution in [0.4, 0.5) is 13.9 Å². The quantitative estimate of drug-likeness (QED) is 0.660. The summed E-state index contributed by atoms with van der Waals surface area (Å²) in [6, 6.07) is 3.73. The number of aromatic nitrogens is 3. The zero-order chi connectivity index (χ0) is 20.3. The van der Waals surface area contributed by atoms with E-state index < -0.39 is 11.6 Å². The van der Waals surface area contributed by atoms with Crippen LogP contribution in [0.25, 0.3) is 0 Å². The van der Waals surface area contributed by atoms with Gasteiger partial charge in [-0.25, -0.2) is 18.7 Å². The molecule has 3 rings (SSSR count). The van der Waals surface area contributed by atoms with Crippen LogP contribution in [0.2, 0.25) is 0 Å². The van der Waals surface area contributed by atoms with Gasteiger partial charge in [0.15, 0.2) is 16.8 Å². The van der Waals surface area contributed by atoms with Gasteiger partial charge in [0, 0.05) is 35.2 Å². The maximum absolute atomic E-state index is 13.3. The third kappa shape index (κ3) is 4.86. The Morgan fingerprint density at radius 2 is 2.04 bits per heavy atom. The highest BCUT2D eigenvalue weighted by Crippen LogP contribution is 2.22. The highest BCUT2D eigenvalue weighted by atomic mass is 32.1. The average Bonchev–Trinajstić information content (AvgIpc) is 3.04. The van der Waals surface area contributed by atoms with Crippen molar-refractivity contribution in [1.82, 2.24) is 15.0 Å². The zero-order valence-electron chi connectivity index (χ0n) is 15.3. The van der Waals surface area contributed by atoms with E-state index in [0.29, 0.717) is 34.2 Å². The number of hydrogen-bond donors (Lipinski definition) is 2. The number of carbonyl (C=O) groups is 1. The lowest BCUT2D eigenvalue weighted by molar-refractivity contribution is -0.116. The molecule has 0 radical (unpaired) electrons. The number of halogens is 2. The van der Waals surface area contributed by atoms with E-state index in [4.69, 9.17) is 0 Å². The number of amides is 1. The second kappa shape index (κ2) is 8.39. The van der Waals surface area contributed by atoms with E-state index >= 15 is 0 Å². The molecule has 0 spiro atoms. The fraction of sp³-hybridized carbons (Fsp3) is 0.263. The SMILES string of the molecule is Cc1nc(C)c(CCC(=O)Nc2ncc(Cc3ccc(F)c(F)c3)s2)c(=O)[nH]1. The van der Waals surface area contributed by atoms with Gasteiger partial charge in [-0.1, -0.05) is 6.07 Å². The van der Waals surface area contributed by atoms with Gasteiger partial charge < -0.3 is 10.3 Å². The molecule has 0 saturated carbocycles. The van der Waals surface area contributed by atoms with Crippen LogP contribution < -0.4 is 10.9 Å². The van der Waals surface area contributed by atoms with Crippen LogP contribution in [0.3, 0.4) is 0 Å². The number of aryl methyl sites for hydroxylation is 2. The molecule has 3 aromatic rings. The number of thiazole rings is 1. The largest absolute Gasteiger partial charge is 0.311 e. The predicted octanol–water partition coefficient (Wildman–Crippen LogP) is 3.28. The highest BCUT2D eigenvalue weighted by molar-refractivity contribution is 7.15.